The van der Waals surface area contributed by atoms with Crippen LogP contribution < -0.4 is 10.6 Å². The topological polar surface area (TPSA) is 111 Å². The SMILES string of the molecule is CC[C@@H](NC(=O)OC(C)(C)C)C(=O)N[C@H](CCC=O)C(=O)OC(C)(C)C. The molecule has 0 spiro atoms. The fourth-order valence-corrected chi connectivity index (χ4v) is 1.93. The van der Waals surface area contributed by atoms with Gasteiger partial charge in [-0.05, 0) is 54.4 Å². The smallest absolute Gasteiger partial charge is 0.408 e. The minimum Gasteiger partial charge on any atom is -0.458 e. The second-order valence-electron chi connectivity index (χ2n) is 7.95. The number of alkyl carbamates (subject to hydrolysis) is 1. The summed E-state index contributed by atoms with van der Waals surface area (Å²) in [6.07, 6.45) is 0.466. The van der Waals surface area contributed by atoms with E-state index in [2.05, 4.69) is 10.6 Å². The van der Waals surface area contributed by atoms with Crippen LogP contribution in [0.15, 0.2) is 0 Å². The van der Waals surface area contributed by atoms with E-state index in [0.717, 1.165) is 0 Å². The average Bonchev–Trinajstić information content (AvgIpc) is 2.44. The highest BCUT2D eigenvalue weighted by atomic mass is 16.6. The number of aldehydes is 1. The summed E-state index contributed by atoms with van der Waals surface area (Å²) in [4.78, 5) is 47.2. The fourth-order valence-electron chi connectivity index (χ4n) is 1.93. The fraction of sp³-hybridized carbons (Fsp3) is 0.778. The normalized spacial score (nSPS) is 14.0. The van der Waals surface area contributed by atoms with Crippen molar-refractivity contribution in [1.29, 1.82) is 0 Å². The van der Waals surface area contributed by atoms with E-state index in [9.17, 15) is 19.2 Å². The van der Waals surface area contributed by atoms with Gasteiger partial charge in [-0.15, -0.1) is 0 Å². The van der Waals surface area contributed by atoms with Crippen molar-refractivity contribution in [1.82, 2.24) is 10.6 Å². The van der Waals surface area contributed by atoms with Gasteiger partial charge in [0.05, 0.1) is 0 Å². The van der Waals surface area contributed by atoms with Crippen LogP contribution in [0, 0.1) is 0 Å². The van der Waals surface area contributed by atoms with Gasteiger partial charge in [0.1, 0.15) is 29.6 Å². The van der Waals surface area contributed by atoms with E-state index in [4.69, 9.17) is 9.47 Å². The Morgan fingerprint density at radius 2 is 1.46 bits per heavy atom. The molecule has 0 rings (SSSR count). The summed E-state index contributed by atoms with van der Waals surface area (Å²) >= 11 is 0. The predicted molar refractivity (Wildman–Crippen MR) is 96.5 cm³/mol. The molecule has 0 bridgehead atoms. The summed E-state index contributed by atoms with van der Waals surface area (Å²) in [6, 6.07) is -1.84. The minimum atomic E-state index is -0.971. The number of amides is 2. The zero-order valence-electron chi connectivity index (χ0n) is 16.8. The Hall–Kier alpha value is -2.12. The Labute approximate surface area is 155 Å². The third-order valence-electron chi connectivity index (χ3n) is 3.00. The lowest BCUT2D eigenvalue weighted by atomic mass is 10.1. The number of hydrogen-bond donors (Lipinski definition) is 2. The number of carbonyl (C=O) groups excluding carboxylic acids is 4. The molecule has 0 aromatic rings. The van der Waals surface area contributed by atoms with Gasteiger partial charge in [-0.1, -0.05) is 6.92 Å². The average molecular weight is 372 g/mol. The van der Waals surface area contributed by atoms with Crippen molar-refractivity contribution in [2.45, 2.75) is 91.0 Å². The van der Waals surface area contributed by atoms with E-state index >= 15 is 0 Å². The van der Waals surface area contributed by atoms with E-state index in [1.807, 2.05) is 0 Å². The van der Waals surface area contributed by atoms with Crippen molar-refractivity contribution in [2.75, 3.05) is 0 Å². The molecule has 0 fully saturated rings. The predicted octanol–water partition coefficient (Wildman–Crippen LogP) is 2.10. The molecular formula is C18H32N2O6. The number of ether oxygens (including phenoxy) is 2. The summed E-state index contributed by atoms with van der Waals surface area (Å²) in [5.74, 6) is -1.17. The van der Waals surface area contributed by atoms with Crippen LogP contribution in [0.3, 0.4) is 0 Å². The largest absolute Gasteiger partial charge is 0.458 e. The van der Waals surface area contributed by atoms with Gasteiger partial charge in [0, 0.05) is 6.42 Å². The van der Waals surface area contributed by atoms with Gasteiger partial charge in [-0.25, -0.2) is 9.59 Å². The second-order valence-corrected chi connectivity index (χ2v) is 7.95. The highest BCUT2D eigenvalue weighted by Gasteiger charge is 2.29. The number of esters is 1. The van der Waals surface area contributed by atoms with Crippen molar-refractivity contribution in [3.05, 3.63) is 0 Å². The number of rotatable bonds is 8. The lowest BCUT2D eigenvalue weighted by Crippen LogP contribution is -2.53. The molecule has 0 aliphatic heterocycles. The number of hydrogen-bond acceptors (Lipinski definition) is 6. The molecule has 0 aromatic carbocycles. The van der Waals surface area contributed by atoms with Crippen molar-refractivity contribution < 1.29 is 28.7 Å². The molecule has 0 radical (unpaired) electrons. The Balaban J connectivity index is 4.99. The zero-order valence-corrected chi connectivity index (χ0v) is 16.8. The molecule has 2 atom stereocenters. The first-order chi connectivity index (χ1) is 11.8. The first-order valence-corrected chi connectivity index (χ1v) is 8.75. The number of carbonyl (C=O) groups is 4. The van der Waals surface area contributed by atoms with E-state index in [-0.39, 0.29) is 12.8 Å². The first-order valence-electron chi connectivity index (χ1n) is 8.75. The maximum atomic E-state index is 12.4. The maximum absolute atomic E-state index is 12.4. The number of nitrogens with one attached hydrogen (secondary N) is 2. The van der Waals surface area contributed by atoms with Crippen molar-refractivity contribution in [3.8, 4) is 0 Å². The molecule has 0 aliphatic rings. The van der Waals surface area contributed by atoms with E-state index in [0.29, 0.717) is 12.7 Å². The highest BCUT2D eigenvalue weighted by Crippen LogP contribution is 2.11. The van der Waals surface area contributed by atoms with Crippen LogP contribution in [0.4, 0.5) is 4.79 Å². The second kappa shape index (κ2) is 10.1. The molecule has 8 nitrogen and oxygen atoms in total. The molecule has 0 aromatic heterocycles. The van der Waals surface area contributed by atoms with Crippen LogP contribution >= 0.6 is 0 Å². The van der Waals surface area contributed by atoms with Crippen molar-refractivity contribution in [3.63, 3.8) is 0 Å². The lowest BCUT2D eigenvalue weighted by molar-refractivity contribution is -0.159. The third-order valence-corrected chi connectivity index (χ3v) is 3.00. The van der Waals surface area contributed by atoms with Gasteiger partial charge >= 0.3 is 12.1 Å². The van der Waals surface area contributed by atoms with Crippen LogP contribution in [0.2, 0.25) is 0 Å². The van der Waals surface area contributed by atoms with Crippen LogP contribution in [0.5, 0.6) is 0 Å². The molecular weight excluding hydrogens is 340 g/mol. The highest BCUT2D eigenvalue weighted by molar-refractivity contribution is 5.89. The standard InChI is InChI=1S/C18H32N2O6/c1-8-12(20-16(24)26-18(5,6)7)14(22)19-13(10-9-11-21)15(23)25-17(2,3)4/h11-13H,8-10H2,1-7H3,(H,19,22)(H,20,24)/t12-,13-/m1/s1. The summed E-state index contributed by atoms with van der Waals surface area (Å²) in [7, 11) is 0. The zero-order chi connectivity index (χ0) is 20.5. The molecule has 26 heavy (non-hydrogen) atoms. The molecule has 8 heteroatoms. The van der Waals surface area contributed by atoms with E-state index in [1.165, 1.54) is 0 Å². The summed E-state index contributed by atoms with van der Waals surface area (Å²) in [5, 5.41) is 5.03. The van der Waals surface area contributed by atoms with Gasteiger partial charge < -0.3 is 24.9 Å². The first kappa shape index (κ1) is 23.9. The molecule has 150 valence electrons. The summed E-state index contributed by atoms with van der Waals surface area (Å²) < 4.78 is 10.4. The Bertz CT molecular complexity index is 505. The van der Waals surface area contributed by atoms with Gasteiger partial charge in [-0.3, -0.25) is 4.79 Å². The van der Waals surface area contributed by atoms with E-state index in [1.54, 1.807) is 48.5 Å². The van der Waals surface area contributed by atoms with Gasteiger partial charge in [-0.2, -0.15) is 0 Å². The summed E-state index contributed by atoms with van der Waals surface area (Å²) in [6.45, 7) is 12.0. The van der Waals surface area contributed by atoms with E-state index < -0.39 is 41.3 Å². The molecule has 2 amide bonds. The molecule has 0 heterocycles. The quantitative estimate of drug-likeness (QED) is 0.499. The molecule has 0 saturated carbocycles. The lowest BCUT2D eigenvalue weighted by Gasteiger charge is -2.26. The minimum absolute atomic E-state index is 0.0977. The van der Waals surface area contributed by atoms with Crippen LogP contribution in [-0.2, 0) is 23.9 Å². The molecule has 0 unspecified atom stereocenters. The van der Waals surface area contributed by atoms with Gasteiger partial charge in [0.2, 0.25) is 5.91 Å². The third kappa shape index (κ3) is 10.7. The van der Waals surface area contributed by atoms with Crippen molar-refractivity contribution >= 4 is 24.3 Å². The van der Waals surface area contributed by atoms with Crippen LogP contribution in [0.1, 0.15) is 67.7 Å². The Morgan fingerprint density at radius 1 is 0.923 bits per heavy atom. The summed E-state index contributed by atoms with van der Waals surface area (Å²) in [5.41, 5.74) is -1.41. The van der Waals surface area contributed by atoms with Gasteiger partial charge in [0.15, 0.2) is 0 Å². The van der Waals surface area contributed by atoms with Gasteiger partial charge in [0.25, 0.3) is 0 Å². The van der Waals surface area contributed by atoms with Crippen LogP contribution in [0.25, 0.3) is 0 Å². The molecule has 0 aliphatic carbocycles. The Morgan fingerprint density at radius 3 is 1.88 bits per heavy atom. The Kier molecular flexibility index (Phi) is 9.31. The van der Waals surface area contributed by atoms with Crippen LogP contribution in [-0.4, -0.2) is 47.5 Å². The molecule has 0 saturated heterocycles. The maximum Gasteiger partial charge on any atom is 0.408 e. The van der Waals surface area contributed by atoms with Crippen molar-refractivity contribution in [2.24, 2.45) is 0 Å². The monoisotopic (exact) mass is 372 g/mol. The molecule has 2 N–H and O–H groups in total.